The van der Waals surface area contributed by atoms with Crippen molar-refractivity contribution in [2.24, 2.45) is 0 Å². The number of aromatic nitrogens is 1. The van der Waals surface area contributed by atoms with Crippen molar-refractivity contribution in [3.63, 3.8) is 0 Å². The molecule has 0 unspecified atom stereocenters. The van der Waals surface area contributed by atoms with Gasteiger partial charge in [-0.2, -0.15) is 0 Å². The zero-order valence-electron chi connectivity index (χ0n) is 18.1. The van der Waals surface area contributed by atoms with Gasteiger partial charge in [0.25, 0.3) is 11.8 Å². The average molecular weight is 496 g/mol. The first kappa shape index (κ1) is 23.7. The number of halogens is 1. The fraction of sp³-hybridized carbons (Fsp3) is 0.167. The number of para-hydroxylation sites is 1. The number of pyridine rings is 1. The van der Waals surface area contributed by atoms with Gasteiger partial charge >= 0.3 is 0 Å². The molecule has 1 fully saturated rings. The van der Waals surface area contributed by atoms with Crippen molar-refractivity contribution in [2.75, 3.05) is 35.2 Å². The average Bonchev–Trinajstić information content (AvgIpc) is 2.86. The van der Waals surface area contributed by atoms with Crippen LogP contribution in [-0.2, 0) is 11.2 Å². The van der Waals surface area contributed by atoms with Crippen LogP contribution in [0.15, 0.2) is 66.9 Å². The normalized spacial score (nSPS) is 13.9. The van der Waals surface area contributed by atoms with Gasteiger partial charge in [0.05, 0.1) is 29.4 Å². The van der Waals surface area contributed by atoms with Gasteiger partial charge in [0.1, 0.15) is 23.2 Å². The Hall–Kier alpha value is -3.40. The minimum atomic E-state index is -0.810. The maximum absolute atomic E-state index is 12.8. The van der Waals surface area contributed by atoms with Crippen molar-refractivity contribution in [3.8, 4) is 0 Å². The summed E-state index contributed by atoms with van der Waals surface area (Å²) in [4.78, 5) is 31.5. The van der Waals surface area contributed by atoms with Crippen LogP contribution in [0.2, 0.25) is 5.02 Å². The largest absolute Gasteiger partial charge is 0.616 e. The van der Waals surface area contributed by atoms with Crippen LogP contribution in [-0.4, -0.2) is 56.7 Å². The van der Waals surface area contributed by atoms with E-state index in [0.29, 0.717) is 58.1 Å². The third kappa shape index (κ3) is 5.74. The molecule has 1 aromatic heterocycles. The van der Waals surface area contributed by atoms with E-state index in [1.54, 1.807) is 60.7 Å². The molecule has 174 valence electrons. The van der Waals surface area contributed by atoms with E-state index in [-0.39, 0.29) is 11.5 Å². The third-order valence-corrected chi connectivity index (χ3v) is 6.80. The molecule has 2 amide bonds. The fourth-order valence-electron chi connectivity index (χ4n) is 3.44. The Labute approximate surface area is 205 Å². The summed E-state index contributed by atoms with van der Waals surface area (Å²) >= 11 is 5.02. The van der Waals surface area contributed by atoms with Crippen molar-refractivity contribution in [3.05, 3.63) is 88.6 Å². The lowest BCUT2D eigenvalue weighted by Gasteiger charge is -2.30. The first-order chi connectivity index (χ1) is 16.4. The van der Waals surface area contributed by atoms with Gasteiger partial charge in [-0.05, 0) is 36.4 Å². The van der Waals surface area contributed by atoms with Crippen molar-refractivity contribution < 1.29 is 14.1 Å². The van der Waals surface area contributed by atoms with E-state index < -0.39 is 17.1 Å². The molecular weight excluding hydrogens is 474 g/mol. The number of carbonyl (C=O) groups excluding carboxylic acids is 2. The number of rotatable bonds is 5. The maximum Gasteiger partial charge on any atom is 0.258 e. The van der Waals surface area contributed by atoms with E-state index in [4.69, 9.17) is 17.0 Å². The number of benzene rings is 2. The van der Waals surface area contributed by atoms with Gasteiger partial charge in [0.15, 0.2) is 0 Å². The molecule has 4 rings (SSSR count). The maximum atomic E-state index is 12.8. The number of amides is 2. The highest BCUT2D eigenvalue weighted by atomic mass is 35.5. The molecular formula is C24H22ClN5O3S. The van der Waals surface area contributed by atoms with Crippen LogP contribution in [0.5, 0.6) is 0 Å². The van der Waals surface area contributed by atoms with Crippen molar-refractivity contribution in [2.45, 2.75) is 0 Å². The Balaban J connectivity index is 1.43. The molecule has 0 aliphatic carbocycles. The van der Waals surface area contributed by atoms with Gasteiger partial charge in [0.2, 0.25) is 0 Å². The summed E-state index contributed by atoms with van der Waals surface area (Å²) in [5, 5.41) is 14.3. The minimum absolute atomic E-state index is 0.286. The first-order valence-corrected chi connectivity index (χ1v) is 12.4. The second kappa shape index (κ2) is 10.7. The lowest BCUT2D eigenvalue weighted by atomic mass is 10.1. The van der Waals surface area contributed by atoms with Gasteiger partial charge in [-0.3, -0.25) is 15.0 Å². The molecule has 34 heavy (non-hydrogen) atoms. The van der Waals surface area contributed by atoms with Crippen LogP contribution < -0.4 is 10.6 Å². The Bertz CT molecular complexity index is 1200. The molecule has 0 spiro atoms. The zero-order valence-corrected chi connectivity index (χ0v) is 19.7. The predicted molar refractivity (Wildman–Crippen MR) is 134 cm³/mol. The second-order valence-electron chi connectivity index (χ2n) is 7.58. The fourth-order valence-corrected chi connectivity index (χ4v) is 4.61. The van der Waals surface area contributed by atoms with Gasteiger partial charge < -0.3 is 20.1 Å². The predicted octanol–water partition coefficient (Wildman–Crippen LogP) is 3.63. The molecule has 2 aromatic carbocycles. The standard InChI is InChI=1S/C24H22ClN5O3S/c25-18-9-10-21(27-15-18)29-24(32)19-3-1-2-4-20(19)28-23(31)17-7-5-16(6-8-17)22(26)30-11-13-34(33)14-12-30/h1-10,15,26H,11-14H2,(H,28,31)(H,27,29,32). The molecule has 8 nitrogen and oxygen atoms in total. The van der Waals surface area contributed by atoms with Gasteiger partial charge in [-0.15, -0.1) is 0 Å². The van der Waals surface area contributed by atoms with Crippen LogP contribution >= 0.6 is 11.6 Å². The summed E-state index contributed by atoms with van der Waals surface area (Å²) in [6, 6.07) is 16.6. The second-order valence-corrected chi connectivity index (χ2v) is 9.71. The van der Waals surface area contributed by atoms with Crippen molar-refractivity contribution in [1.29, 1.82) is 5.41 Å². The van der Waals surface area contributed by atoms with Crippen molar-refractivity contribution >= 4 is 51.9 Å². The molecule has 0 bridgehead atoms. The van der Waals surface area contributed by atoms with E-state index in [1.165, 1.54) is 6.20 Å². The molecule has 1 saturated heterocycles. The van der Waals surface area contributed by atoms with Crippen LogP contribution in [0.1, 0.15) is 26.3 Å². The first-order valence-electron chi connectivity index (χ1n) is 10.5. The zero-order chi connectivity index (χ0) is 24.1. The van der Waals surface area contributed by atoms with Crippen LogP contribution in [0, 0.1) is 5.41 Å². The Morgan fingerprint density at radius 1 is 0.941 bits per heavy atom. The highest BCUT2D eigenvalue weighted by Crippen LogP contribution is 2.19. The van der Waals surface area contributed by atoms with Gasteiger partial charge in [-0.1, -0.05) is 47.0 Å². The Kier molecular flexibility index (Phi) is 7.46. The smallest absolute Gasteiger partial charge is 0.258 e. The Morgan fingerprint density at radius 3 is 2.29 bits per heavy atom. The van der Waals surface area contributed by atoms with E-state index in [9.17, 15) is 14.1 Å². The highest BCUT2D eigenvalue weighted by molar-refractivity contribution is 7.91. The molecule has 3 N–H and O–H groups in total. The summed E-state index contributed by atoms with van der Waals surface area (Å²) in [5.74, 6) is 1.01. The summed E-state index contributed by atoms with van der Waals surface area (Å²) in [5.41, 5.74) is 1.72. The molecule has 0 atom stereocenters. The van der Waals surface area contributed by atoms with Gasteiger partial charge in [0, 0.05) is 17.3 Å². The topological polar surface area (TPSA) is 121 Å². The molecule has 2 heterocycles. The SMILES string of the molecule is N=C(c1ccc(C(=O)Nc2ccccc2C(=O)Nc2ccc(Cl)cn2)cc1)N1CC[S+]([O-])CC1. The number of nitrogens with zero attached hydrogens (tertiary/aromatic N) is 2. The lowest BCUT2D eigenvalue weighted by Crippen LogP contribution is -2.43. The number of hydrogen-bond donors (Lipinski definition) is 3. The molecule has 1 aliphatic heterocycles. The summed E-state index contributed by atoms with van der Waals surface area (Å²) in [6.45, 7) is 1.16. The van der Waals surface area contributed by atoms with E-state index >= 15 is 0 Å². The summed E-state index contributed by atoms with van der Waals surface area (Å²) in [7, 11) is 0. The Morgan fingerprint density at radius 2 is 1.62 bits per heavy atom. The minimum Gasteiger partial charge on any atom is -0.616 e. The highest BCUT2D eigenvalue weighted by Gasteiger charge is 2.22. The molecule has 3 aromatic rings. The van der Waals surface area contributed by atoms with Crippen LogP contribution in [0.25, 0.3) is 0 Å². The monoisotopic (exact) mass is 495 g/mol. The van der Waals surface area contributed by atoms with E-state index in [2.05, 4.69) is 15.6 Å². The summed E-state index contributed by atoms with van der Waals surface area (Å²) in [6.07, 6.45) is 1.43. The van der Waals surface area contributed by atoms with Crippen LogP contribution in [0.4, 0.5) is 11.5 Å². The molecule has 10 heteroatoms. The molecule has 0 radical (unpaired) electrons. The lowest BCUT2D eigenvalue weighted by molar-refractivity contribution is 0.102. The summed E-state index contributed by atoms with van der Waals surface area (Å²) < 4.78 is 11.5. The molecule has 0 saturated carbocycles. The number of anilines is 2. The van der Waals surface area contributed by atoms with E-state index in [0.717, 1.165) is 0 Å². The van der Waals surface area contributed by atoms with Crippen molar-refractivity contribution in [1.82, 2.24) is 9.88 Å². The van der Waals surface area contributed by atoms with E-state index in [1.807, 2.05) is 4.90 Å². The number of nitrogens with one attached hydrogen (secondary N) is 3. The number of carbonyl (C=O) groups is 2. The number of amidine groups is 1. The quantitative estimate of drug-likeness (QED) is 0.283. The van der Waals surface area contributed by atoms with Gasteiger partial charge in [-0.25, -0.2) is 4.98 Å². The van der Waals surface area contributed by atoms with Crippen LogP contribution in [0.3, 0.4) is 0 Å². The molecule has 1 aliphatic rings. The third-order valence-electron chi connectivity index (χ3n) is 5.30. The number of hydrogen-bond acceptors (Lipinski definition) is 5.